The van der Waals surface area contributed by atoms with Crippen LogP contribution in [0.2, 0.25) is 0 Å². The van der Waals surface area contributed by atoms with Crippen LogP contribution in [0.3, 0.4) is 0 Å². The number of nitrogens with zero attached hydrogens (tertiary/aromatic N) is 3. The number of nitrogens with one attached hydrogen (secondary N) is 1. The van der Waals surface area contributed by atoms with E-state index in [2.05, 4.69) is 52.7 Å². The van der Waals surface area contributed by atoms with Crippen LogP contribution in [0.15, 0.2) is 48.1 Å². The maximum atomic E-state index is 12.3. The molecule has 1 aliphatic rings. The Labute approximate surface area is 150 Å². The van der Waals surface area contributed by atoms with Crippen molar-refractivity contribution in [3.8, 4) is 11.3 Å². The van der Waals surface area contributed by atoms with Crippen molar-refractivity contribution in [1.29, 1.82) is 0 Å². The van der Waals surface area contributed by atoms with E-state index in [1.165, 1.54) is 10.1 Å². The Bertz CT molecular complexity index is 982. The first-order valence-corrected chi connectivity index (χ1v) is 9.01. The molecular weight excluding hydrogens is 332 g/mol. The number of thiophene rings is 1. The Hall–Kier alpha value is -2.60. The largest absolute Gasteiger partial charge is 0.361 e. The number of amides is 1. The molecule has 3 heterocycles. The predicted octanol–water partition coefficient (Wildman–Crippen LogP) is 3.44. The van der Waals surface area contributed by atoms with Crippen LogP contribution in [-0.4, -0.2) is 27.6 Å². The molecular formula is C19H20N4OS. The molecule has 0 saturated carbocycles. The van der Waals surface area contributed by atoms with Gasteiger partial charge in [-0.2, -0.15) is 5.10 Å². The van der Waals surface area contributed by atoms with Gasteiger partial charge in [0.05, 0.1) is 23.3 Å². The van der Waals surface area contributed by atoms with Crippen LogP contribution < -0.4 is 5.32 Å². The molecule has 25 heavy (non-hydrogen) atoms. The first kappa shape index (κ1) is 15.9. The van der Waals surface area contributed by atoms with Gasteiger partial charge in [0.15, 0.2) is 0 Å². The molecule has 1 amide bonds. The maximum Gasteiger partial charge on any atom is 0.230 e. The van der Waals surface area contributed by atoms with Gasteiger partial charge < -0.3 is 10.2 Å². The van der Waals surface area contributed by atoms with E-state index in [4.69, 9.17) is 0 Å². The molecule has 3 aromatic rings. The number of aromatic nitrogens is 2. The highest BCUT2D eigenvalue weighted by molar-refractivity contribution is 7.17. The highest BCUT2D eigenvalue weighted by Crippen LogP contribution is 2.34. The summed E-state index contributed by atoms with van der Waals surface area (Å²) in [5.41, 5.74) is 2.43. The van der Waals surface area contributed by atoms with Gasteiger partial charge in [0.25, 0.3) is 0 Å². The lowest BCUT2D eigenvalue weighted by atomic mass is 9.90. The van der Waals surface area contributed by atoms with E-state index < -0.39 is 5.54 Å². The Morgan fingerprint density at radius 2 is 2.08 bits per heavy atom. The van der Waals surface area contributed by atoms with E-state index in [1.54, 1.807) is 23.3 Å². The average Bonchev–Trinajstić information content (AvgIpc) is 3.18. The number of carbonyl (C=O) groups excluding carboxylic acids is 1. The van der Waals surface area contributed by atoms with Crippen molar-refractivity contribution in [2.45, 2.75) is 18.9 Å². The summed E-state index contributed by atoms with van der Waals surface area (Å²) in [7, 11) is 3.66. The Morgan fingerprint density at radius 3 is 2.84 bits per heavy atom. The number of hydrogen-bond acceptors (Lipinski definition) is 4. The lowest BCUT2D eigenvalue weighted by Crippen LogP contribution is -2.53. The van der Waals surface area contributed by atoms with Gasteiger partial charge in [-0.25, -0.2) is 0 Å². The summed E-state index contributed by atoms with van der Waals surface area (Å²) in [5.74, 6) is 0.662. The van der Waals surface area contributed by atoms with Crippen molar-refractivity contribution in [3.63, 3.8) is 0 Å². The standard InChI is InChI=1S/C19H20N4OS/c1-12-20-19(2,11-18(24)22(12)3)17-10-15(21-23(17)4)13-5-6-16-14(9-13)7-8-25-16/h5-10,20H,1,11H2,2-4H3/t19-/m0/s1. The molecule has 5 nitrogen and oxygen atoms in total. The fraction of sp³-hybridized carbons (Fsp3) is 0.263. The molecule has 2 aromatic heterocycles. The van der Waals surface area contributed by atoms with Gasteiger partial charge in [0.1, 0.15) is 5.82 Å². The van der Waals surface area contributed by atoms with Crippen molar-refractivity contribution in [3.05, 3.63) is 53.8 Å². The van der Waals surface area contributed by atoms with Gasteiger partial charge in [0, 0.05) is 24.4 Å². The van der Waals surface area contributed by atoms with E-state index in [-0.39, 0.29) is 5.91 Å². The minimum atomic E-state index is -0.521. The quantitative estimate of drug-likeness (QED) is 0.769. The molecule has 1 fully saturated rings. The molecule has 1 N–H and O–H groups in total. The van der Waals surface area contributed by atoms with Crippen LogP contribution in [0, 0.1) is 0 Å². The maximum absolute atomic E-state index is 12.3. The van der Waals surface area contributed by atoms with E-state index in [9.17, 15) is 4.79 Å². The molecule has 0 aliphatic carbocycles. The topological polar surface area (TPSA) is 50.2 Å². The molecule has 1 aliphatic heterocycles. The summed E-state index contributed by atoms with van der Waals surface area (Å²) >= 11 is 1.73. The van der Waals surface area contributed by atoms with Gasteiger partial charge >= 0.3 is 0 Å². The van der Waals surface area contributed by atoms with Crippen molar-refractivity contribution < 1.29 is 4.79 Å². The molecule has 0 unspecified atom stereocenters. The number of fused-ring (bicyclic) bond motifs is 1. The number of hydrogen-bond donors (Lipinski definition) is 1. The average molecular weight is 352 g/mol. The lowest BCUT2D eigenvalue weighted by molar-refractivity contribution is -0.132. The zero-order chi connectivity index (χ0) is 17.8. The zero-order valence-electron chi connectivity index (χ0n) is 14.5. The normalized spacial score (nSPS) is 21.0. The Balaban J connectivity index is 1.75. The molecule has 6 heteroatoms. The molecule has 0 bridgehead atoms. The number of carbonyl (C=O) groups is 1. The molecule has 1 atom stereocenters. The highest BCUT2D eigenvalue weighted by Gasteiger charge is 2.39. The van der Waals surface area contributed by atoms with Crippen LogP contribution in [-0.2, 0) is 17.4 Å². The van der Waals surface area contributed by atoms with E-state index in [0.717, 1.165) is 17.0 Å². The zero-order valence-corrected chi connectivity index (χ0v) is 15.4. The molecule has 0 radical (unpaired) electrons. The van der Waals surface area contributed by atoms with E-state index in [0.29, 0.717) is 12.2 Å². The van der Waals surface area contributed by atoms with Crippen molar-refractivity contribution in [2.24, 2.45) is 7.05 Å². The first-order chi connectivity index (χ1) is 11.9. The molecule has 4 rings (SSSR count). The van der Waals surface area contributed by atoms with Crippen LogP contribution in [0.25, 0.3) is 21.3 Å². The van der Waals surface area contributed by atoms with E-state index >= 15 is 0 Å². The minimum Gasteiger partial charge on any atom is -0.361 e. The minimum absolute atomic E-state index is 0.0497. The molecule has 1 saturated heterocycles. The second-order valence-corrected chi connectivity index (χ2v) is 7.69. The highest BCUT2D eigenvalue weighted by atomic mass is 32.1. The third-order valence-corrected chi connectivity index (χ3v) is 5.80. The predicted molar refractivity (Wildman–Crippen MR) is 101 cm³/mol. The second-order valence-electron chi connectivity index (χ2n) is 6.74. The van der Waals surface area contributed by atoms with E-state index in [1.807, 2.05) is 18.7 Å². The third-order valence-electron chi connectivity index (χ3n) is 4.90. The van der Waals surface area contributed by atoms with Crippen LogP contribution in [0.1, 0.15) is 19.0 Å². The number of rotatable bonds is 2. The monoisotopic (exact) mass is 352 g/mol. The summed E-state index contributed by atoms with van der Waals surface area (Å²) < 4.78 is 3.12. The smallest absolute Gasteiger partial charge is 0.230 e. The van der Waals surface area contributed by atoms with Crippen molar-refractivity contribution in [2.75, 3.05) is 7.05 Å². The number of aryl methyl sites for hydroxylation is 1. The van der Waals surface area contributed by atoms with Crippen molar-refractivity contribution in [1.82, 2.24) is 20.0 Å². The molecule has 1 aromatic carbocycles. The molecule has 128 valence electrons. The summed E-state index contributed by atoms with van der Waals surface area (Å²) in [5, 5.41) is 11.4. The van der Waals surface area contributed by atoms with Gasteiger partial charge in [-0.05, 0) is 42.0 Å². The van der Waals surface area contributed by atoms with Gasteiger partial charge in [-0.1, -0.05) is 12.6 Å². The fourth-order valence-corrected chi connectivity index (χ4v) is 4.19. The first-order valence-electron chi connectivity index (χ1n) is 8.13. The van der Waals surface area contributed by atoms with Crippen molar-refractivity contribution >= 4 is 27.3 Å². The fourth-order valence-electron chi connectivity index (χ4n) is 3.42. The second kappa shape index (κ2) is 5.46. The van der Waals surface area contributed by atoms with Gasteiger partial charge in [-0.15, -0.1) is 11.3 Å². The summed E-state index contributed by atoms with van der Waals surface area (Å²) in [6.07, 6.45) is 0.366. The Kier molecular flexibility index (Phi) is 3.47. The number of benzene rings is 1. The van der Waals surface area contributed by atoms with Crippen LogP contribution in [0.5, 0.6) is 0 Å². The van der Waals surface area contributed by atoms with Gasteiger partial charge in [-0.3, -0.25) is 9.48 Å². The Morgan fingerprint density at radius 1 is 1.28 bits per heavy atom. The molecule has 0 spiro atoms. The third kappa shape index (κ3) is 2.53. The summed E-state index contributed by atoms with van der Waals surface area (Å²) in [6.45, 7) is 5.97. The van der Waals surface area contributed by atoms with Crippen LogP contribution >= 0.6 is 11.3 Å². The van der Waals surface area contributed by atoms with Gasteiger partial charge in [0.2, 0.25) is 5.91 Å². The summed E-state index contributed by atoms with van der Waals surface area (Å²) in [4.78, 5) is 13.9. The SMILES string of the molecule is C=C1N[C@](C)(c2cc(-c3ccc4sccc4c3)nn2C)CC(=O)N1C. The lowest BCUT2D eigenvalue weighted by Gasteiger charge is -2.40. The van der Waals surface area contributed by atoms with Crippen LogP contribution in [0.4, 0.5) is 0 Å². The summed E-state index contributed by atoms with van der Waals surface area (Å²) in [6, 6.07) is 10.6.